The lowest BCUT2D eigenvalue weighted by molar-refractivity contribution is 0.143. The van der Waals surface area contributed by atoms with Crippen molar-refractivity contribution in [2.24, 2.45) is 0 Å². The van der Waals surface area contributed by atoms with Crippen LogP contribution in [0.1, 0.15) is 5.56 Å². The van der Waals surface area contributed by atoms with Crippen LogP contribution < -0.4 is 9.47 Å². The minimum Gasteiger partial charge on any atom is -0.489 e. The lowest BCUT2D eigenvalue weighted by Gasteiger charge is -2.07. The van der Waals surface area contributed by atoms with Gasteiger partial charge in [-0.05, 0) is 30.3 Å². The Labute approximate surface area is 126 Å². The molecular formula is C15H16BrNO3. The van der Waals surface area contributed by atoms with E-state index >= 15 is 0 Å². The lowest BCUT2D eigenvalue weighted by atomic mass is 10.3. The molecular weight excluding hydrogens is 322 g/mol. The maximum absolute atomic E-state index is 5.66. The van der Waals surface area contributed by atoms with Crippen LogP contribution in [-0.4, -0.2) is 25.3 Å². The minimum absolute atomic E-state index is 0.479. The number of nitrogens with zero attached hydrogens (tertiary/aromatic N) is 1. The zero-order valence-electron chi connectivity index (χ0n) is 11.2. The van der Waals surface area contributed by atoms with Crippen LogP contribution in [0.2, 0.25) is 0 Å². The first kappa shape index (κ1) is 14.8. The summed E-state index contributed by atoms with van der Waals surface area (Å²) in [5.41, 5.74) is 0.993. The SMILES string of the molecule is COCCOc1ccc(COc2ccc(Br)cc2)cn1. The summed E-state index contributed by atoms with van der Waals surface area (Å²) in [6.07, 6.45) is 1.75. The van der Waals surface area contributed by atoms with Gasteiger partial charge in [-0.3, -0.25) is 0 Å². The zero-order chi connectivity index (χ0) is 14.2. The van der Waals surface area contributed by atoms with E-state index in [2.05, 4.69) is 20.9 Å². The van der Waals surface area contributed by atoms with Crippen molar-refractivity contribution >= 4 is 15.9 Å². The fourth-order valence-electron chi connectivity index (χ4n) is 1.51. The molecule has 0 radical (unpaired) electrons. The Bertz CT molecular complexity index is 514. The molecule has 20 heavy (non-hydrogen) atoms. The van der Waals surface area contributed by atoms with Crippen LogP contribution in [0, 0.1) is 0 Å². The Balaban J connectivity index is 1.82. The Hall–Kier alpha value is -1.59. The van der Waals surface area contributed by atoms with Crippen molar-refractivity contribution in [2.75, 3.05) is 20.3 Å². The molecule has 0 unspecified atom stereocenters. The van der Waals surface area contributed by atoms with Gasteiger partial charge in [-0.2, -0.15) is 0 Å². The summed E-state index contributed by atoms with van der Waals surface area (Å²) >= 11 is 3.39. The van der Waals surface area contributed by atoms with Gasteiger partial charge in [-0.15, -0.1) is 0 Å². The third-order valence-corrected chi connectivity index (χ3v) is 3.08. The highest BCUT2D eigenvalue weighted by Crippen LogP contribution is 2.17. The predicted octanol–water partition coefficient (Wildman–Crippen LogP) is 3.45. The number of benzene rings is 1. The molecule has 0 N–H and O–H groups in total. The van der Waals surface area contributed by atoms with Gasteiger partial charge >= 0.3 is 0 Å². The first-order chi connectivity index (χ1) is 9.78. The number of methoxy groups -OCH3 is 1. The van der Waals surface area contributed by atoms with E-state index in [-0.39, 0.29) is 0 Å². The van der Waals surface area contributed by atoms with E-state index in [9.17, 15) is 0 Å². The monoisotopic (exact) mass is 337 g/mol. The first-order valence-corrected chi connectivity index (χ1v) is 7.02. The van der Waals surface area contributed by atoms with E-state index in [1.807, 2.05) is 36.4 Å². The normalized spacial score (nSPS) is 10.3. The lowest BCUT2D eigenvalue weighted by Crippen LogP contribution is -2.05. The number of ether oxygens (including phenoxy) is 3. The molecule has 0 fully saturated rings. The summed E-state index contributed by atoms with van der Waals surface area (Å²) < 4.78 is 17.0. The summed E-state index contributed by atoms with van der Waals surface area (Å²) in [5, 5.41) is 0. The highest BCUT2D eigenvalue weighted by atomic mass is 79.9. The predicted molar refractivity (Wildman–Crippen MR) is 80.1 cm³/mol. The maximum Gasteiger partial charge on any atom is 0.213 e. The third kappa shape index (κ3) is 4.83. The van der Waals surface area contributed by atoms with Gasteiger partial charge < -0.3 is 14.2 Å². The van der Waals surface area contributed by atoms with Crippen molar-refractivity contribution in [1.29, 1.82) is 0 Å². The second-order valence-electron chi connectivity index (χ2n) is 4.09. The quantitative estimate of drug-likeness (QED) is 0.725. The van der Waals surface area contributed by atoms with E-state index < -0.39 is 0 Å². The van der Waals surface area contributed by atoms with Crippen LogP contribution >= 0.6 is 15.9 Å². The van der Waals surface area contributed by atoms with Gasteiger partial charge in [0.25, 0.3) is 0 Å². The highest BCUT2D eigenvalue weighted by molar-refractivity contribution is 9.10. The smallest absolute Gasteiger partial charge is 0.213 e. The van der Waals surface area contributed by atoms with Crippen molar-refractivity contribution in [2.45, 2.75) is 6.61 Å². The van der Waals surface area contributed by atoms with Crippen molar-refractivity contribution < 1.29 is 14.2 Å². The molecule has 0 aliphatic heterocycles. The van der Waals surface area contributed by atoms with Gasteiger partial charge in [0, 0.05) is 29.4 Å². The Morgan fingerprint density at radius 3 is 2.45 bits per heavy atom. The summed E-state index contributed by atoms with van der Waals surface area (Å²) in [6, 6.07) is 11.5. The van der Waals surface area contributed by atoms with Gasteiger partial charge in [-0.25, -0.2) is 4.98 Å². The molecule has 106 valence electrons. The number of pyridine rings is 1. The van der Waals surface area contributed by atoms with Crippen LogP contribution in [0.15, 0.2) is 47.1 Å². The molecule has 0 spiro atoms. The molecule has 0 saturated carbocycles. The topological polar surface area (TPSA) is 40.6 Å². The molecule has 0 amide bonds. The van der Waals surface area contributed by atoms with Gasteiger partial charge in [0.1, 0.15) is 19.0 Å². The van der Waals surface area contributed by atoms with Crippen molar-refractivity contribution in [3.8, 4) is 11.6 Å². The Kier molecular flexibility index (Phi) is 5.83. The van der Waals surface area contributed by atoms with Crippen LogP contribution in [0.4, 0.5) is 0 Å². The molecule has 1 aromatic heterocycles. The van der Waals surface area contributed by atoms with E-state index in [1.165, 1.54) is 0 Å². The van der Waals surface area contributed by atoms with Gasteiger partial charge in [0.2, 0.25) is 5.88 Å². The average Bonchev–Trinajstić information content (AvgIpc) is 2.48. The van der Waals surface area contributed by atoms with E-state index in [4.69, 9.17) is 14.2 Å². The number of hydrogen-bond donors (Lipinski definition) is 0. The largest absolute Gasteiger partial charge is 0.489 e. The molecule has 0 aliphatic rings. The zero-order valence-corrected chi connectivity index (χ0v) is 12.8. The van der Waals surface area contributed by atoms with Gasteiger partial charge in [-0.1, -0.05) is 15.9 Å². The average molecular weight is 338 g/mol. The molecule has 1 aromatic carbocycles. The van der Waals surface area contributed by atoms with Crippen molar-refractivity contribution in [3.63, 3.8) is 0 Å². The van der Waals surface area contributed by atoms with E-state index in [0.29, 0.717) is 25.7 Å². The summed E-state index contributed by atoms with van der Waals surface area (Å²) in [7, 11) is 1.64. The third-order valence-electron chi connectivity index (χ3n) is 2.55. The molecule has 5 heteroatoms. The summed E-state index contributed by atoms with van der Waals surface area (Å²) in [5.74, 6) is 1.42. The fourth-order valence-corrected chi connectivity index (χ4v) is 1.77. The second kappa shape index (κ2) is 7.87. The number of rotatable bonds is 7. The molecule has 4 nitrogen and oxygen atoms in total. The van der Waals surface area contributed by atoms with Crippen molar-refractivity contribution in [1.82, 2.24) is 4.98 Å². The molecule has 0 aliphatic carbocycles. The molecule has 1 heterocycles. The van der Waals surface area contributed by atoms with Crippen molar-refractivity contribution in [3.05, 3.63) is 52.6 Å². The number of aromatic nitrogens is 1. The van der Waals surface area contributed by atoms with Gasteiger partial charge in [0.15, 0.2) is 0 Å². The maximum atomic E-state index is 5.66. The second-order valence-corrected chi connectivity index (χ2v) is 5.00. The van der Waals surface area contributed by atoms with Crippen LogP contribution in [0.3, 0.4) is 0 Å². The molecule has 2 rings (SSSR count). The first-order valence-electron chi connectivity index (χ1n) is 6.23. The van der Waals surface area contributed by atoms with E-state index in [0.717, 1.165) is 15.8 Å². The Morgan fingerprint density at radius 2 is 1.80 bits per heavy atom. The highest BCUT2D eigenvalue weighted by Gasteiger charge is 1.99. The fraction of sp³-hybridized carbons (Fsp3) is 0.267. The number of hydrogen-bond acceptors (Lipinski definition) is 4. The van der Waals surface area contributed by atoms with Gasteiger partial charge in [0.05, 0.1) is 6.61 Å². The summed E-state index contributed by atoms with van der Waals surface area (Å²) in [4.78, 5) is 4.21. The summed E-state index contributed by atoms with van der Waals surface area (Å²) in [6.45, 7) is 1.53. The molecule has 2 aromatic rings. The Morgan fingerprint density at radius 1 is 1.00 bits per heavy atom. The van der Waals surface area contributed by atoms with Crippen LogP contribution in [0.5, 0.6) is 11.6 Å². The minimum atomic E-state index is 0.479. The van der Waals surface area contributed by atoms with Crippen LogP contribution in [-0.2, 0) is 11.3 Å². The number of halogens is 1. The standard InChI is InChI=1S/C15H16BrNO3/c1-18-8-9-19-15-7-2-12(10-17-15)11-20-14-5-3-13(16)4-6-14/h2-7,10H,8-9,11H2,1H3. The molecule has 0 saturated heterocycles. The van der Waals surface area contributed by atoms with E-state index in [1.54, 1.807) is 13.3 Å². The van der Waals surface area contributed by atoms with Crippen LogP contribution in [0.25, 0.3) is 0 Å². The molecule has 0 bridgehead atoms. The molecule has 0 atom stereocenters.